The summed E-state index contributed by atoms with van der Waals surface area (Å²) in [6, 6.07) is 0. The highest BCUT2D eigenvalue weighted by molar-refractivity contribution is 4.80. The van der Waals surface area contributed by atoms with E-state index in [-0.39, 0.29) is 0 Å². The van der Waals surface area contributed by atoms with Crippen molar-refractivity contribution in [1.29, 1.82) is 0 Å². The molecule has 0 radical (unpaired) electrons. The topological polar surface area (TPSA) is 49.7 Å². The van der Waals surface area contributed by atoms with Gasteiger partial charge in [0.2, 0.25) is 0 Å². The van der Waals surface area contributed by atoms with Gasteiger partial charge in [-0.2, -0.15) is 0 Å². The average Bonchev–Trinajstić information content (AvgIpc) is 2.18. The Balaban J connectivity index is 1.93. The smallest absolute Gasteiger partial charge is 0.168 e. The van der Waals surface area contributed by atoms with Gasteiger partial charge in [-0.15, -0.1) is 0 Å². The van der Waals surface area contributed by atoms with Crippen LogP contribution in [0.15, 0.2) is 0 Å². The summed E-state index contributed by atoms with van der Waals surface area (Å²) >= 11 is 0. The highest BCUT2D eigenvalue weighted by Crippen LogP contribution is 2.37. The van der Waals surface area contributed by atoms with Crippen molar-refractivity contribution < 1.29 is 14.9 Å². The Morgan fingerprint density at radius 3 is 1.27 bits per heavy atom. The zero-order valence-electron chi connectivity index (χ0n) is 9.37. The molecule has 0 aromatic carbocycles. The first-order valence-corrected chi connectivity index (χ1v) is 6.27. The molecule has 2 saturated carbocycles. The normalized spacial score (nSPS) is 30.0. The van der Waals surface area contributed by atoms with E-state index in [2.05, 4.69) is 0 Å². The third kappa shape index (κ3) is 2.92. The fraction of sp³-hybridized carbons (Fsp3) is 1.00. The van der Waals surface area contributed by atoms with Gasteiger partial charge < -0.3 is 14.9 Å². The van der Waals surface area contributed by atoms with E-state index in [1.165, 1.54) is 12.8 Å². The number of aliphatic hydroxyl groups is 2. The second kappa shape index (κ2) is 4.40. The lowest BCUT2D eigenvalue weighted by molar-refractivity contribution is -0.349. The molecule has 2 fully saturated rings. The van der Waals surface area contributed by atoms with Crippen LogP contribution in [-0.4, -0.2) is 21.8 Å². The Bertz CT molecular complexity index is 181. The van der Waals surface area contributed by atoms with E-state index >= 15 is 0 Å². The first-order valence-electron chi connectivity index (χ1n) is 6.27. The molecular formula is C12H22O3. The van der Waals surface area contributed by atoms with Crippen molar-refractivity contribution in [2.45, 2.75) is 75.8 Å². The number of hydrogen-bond acceptors (Lipinski definition) is 3. The van der Waals surface area contributed by atoms with E-state index in [0.29, 0.717) is 25.7 Å². The largest absolute Gasteiger partial charge is 0.365 e. The Morgan fingerprint density at radius 1 is 0.600 bits per heavy atom. The molecule has 88 valence electrons. The number of ether oxygens (including phenoxy) is 1. The van der Waals surface area contributed by atoms with E-state index < -0.39 is 11.6 Å². The summed E-state index contributed by atoms with van der Waals surface area (Å²) in [7, 11) is 0. The van der Waals surface area contributed by atoms with Gasteiger partial charge in [-0.25, -0.2) is 0 Å². The van der Waals surface area contributed by atoms with Crippen LogP contribution in [0.5, 0.6) is 0 Å². The van der Waals surface area contributed by atoms with Gasteiger partial charge in [0.1, 0.15) is 0 Å². The summed E-state index contributed by atoms with van der Waals surface area (Å²) in [5, 5.41) is 20.4. The van der Waals surface area contributed by atoms with Gasteiger partial charge in [-0.1, -0.05) is 12.8 Å². The highest BCUT2D eigenvalue weighted by Gasteiger charge is 2.40. The summed E-state index contributed by atoms with van der Waals surface area (Å²) in [4.78, 5) is 0. The summed E-state index contributed by atoms with van der Waals surface area (Å²) in [5.41, 5.74) is 0. The Hall–Kier alpha value is -0.120. The van der Waals surface area contributed by atoms with E-state index in [0.717, 1.165) is 25.7 Å². The van der Waals surface area contributed by atoms with Crippen molar-refractivity contribution in [3.05, 3.63) is 0 Å². The molecule has 0 saturated heterocycles. The van der Waals surface area contributed by atoms with Crippen molar-refractivity contribution in [2.24, 2.45) is 0 Å². The van der Waals surface area contributed by atoms with Crippen molar-refractivity contribution in [2.75, 3.05) is 0 Å². The molecule has 2 rings (SSSR count). The third-order valence-corrected chi connectivity index (χ3v) is 3.65. The molecule has 2 aliphatic rings. The molecule has 0 aromatic heterocycles. The van der Waals surface area contributed by atoms with Gasteiger partial charge in [0, 0.05) is 25.7 Å². The Labute approximate surface area is 91.4 Å². The summed E-state index contributed by atoms with van der Waals surface area (Å²) in [6.45, 7) is 0. The molecule has 3 nitrogen and oxygen atoms in total. The second-order valence-corrected chi connectivity index (χ2v) is 5.12. The van der Waals surface area contributed by atoms with Crippen LogP contribution in [0.3, 0.4) is 0 Å². The van der Waals surface area contributed by atoms with Gasteiger partial charge in [-0.05, 0) is 25.7 Å². The zero-order valence-corrected chi connectivity index (χ0v) is 9.37. The van der Waals surface area contributed by atoms with Crippen LogP contribution >= 0.6 is 0 Å². The summed E-state index contributed by atoms with van der Waals surface area (Å²) < 4.78 is 5.62. The van der Waals surface area contributed by atoms with E-state index in [1.54, 1.807) is 0 Å². The Kier molecular flexibility index (Phi) is 3.33. The molecule has 0 atom stereocenters. The van der Waals surface area contributed by atoms with Gasteiger partial charge in [-0.3, -0.25) is 0 Å². The molecule has 2 aliphatic carbocycles. The maximum atomic E-state index is 10.2. The first kappa shape index (κ1) is 11.4. The molecule has 0 spiro atoms. The average molecular weight is 214 g/mol. The molecule has 0 aromatic rings. The van der Waals surface area contributed by atoms with E-state index in [9.17, 15) is 10.2 Å². The van der Waals surface area contributed by atoms with Crippen LogP contribution in [0, 0.1) is 0 Å². The molecule has 0 bridgehead atoms. The molecule has 0 aliphatic heterocycles. The van der Waals surface area contributed by atoms with Gasteiger partial charge in [0.15, 0.2) is 11.6 Å². The minimum atomic E-state index is -1.05. The highest BCUT2D eigenvalue weighted by atomic mass is 16.7. The zero-order chi connectivity index (χ0) is 10.8. The van der Waals surface area contributed by atoms with Crippen LogP contribution in [0.2, 0.25) is 0 Å². The molecule has 0 amide bonds. The maximum absolute atomic E-state index is 10.2. The quantitative estimate of drug-likeness (QED) is 0.693. The molecule has 2 N–H and O–H groups in total. The second-order valence-electron chi connectivity index (χ2n) is 5.12. The van der Waals surface area contributed by atoms with Crippen LogP contribution in [-0.2, 0) is 4.74 Å². The minimum Gasteiger partial charge on any atom is -0.365 e. The van der Waals surface area contributed by atoms with E-state index in [1.807, 2.05) is 0 Å². The van der Waals surface area contributed by atoms with Crippen LogP contribution in [0.25, 0.3) is 0 Å². The number of rotatable bonds is 2. The third-order valence-electron chi connectivity index (χ3n) is 3.65. The summed E-state index contributed by atoms with van der Waals surface area (Å²) in [5.74, 6) is -2.10. The van der Waals surface area contributed by atoms with Crippen molar-refractivity contribution in [3.8, 4) is 0 Å². The Morgan fingerprint density at radius 2 is 0.933 bits per heavy atom. The van der Waals surface area contributed by atoms with Crippen molar-refractivity contribution >= 4 is 0 Å². The van der Waals surface area contributed by atoms with Gasteiger partial charge >= 0.3 is 0 Å². The SMILES string of the molecule is OC1(OC2(O)CCCCC2)CCCCC1. The van der Waals surface area contributed by atoms with Gasteiger partial charge in [0.05, 0.1) is 0 Å². The minimum absolute atomic E-state index is 0.676. The lowest BCUT2D eigenvalue weighted by Gasteiger charge is -2.41. The van der Waals surface area contributed by atoms with Crippen molar-refractivity contribution in [1.82, 2.24) is 0 Å². The molecule has 3 heteroatoms. The first-order chi connectivity index (χ1) is 7.12. The number of hydrogen-bond donors (Lipinski definition) is 2. The standard InChI is InChI=1S/C12H22O3/c13-11(7-3-1-4-8-11)15-12(14)9-5-2-6-10-12/h13-14H,1-10H2. The fourth-order valence-electron chi connectivity index (χ4n) is 2.77. The van der Waals surface area contributed by atoms with Crippen LogP contribution in [0.1, 0.15) is 64.2 Å². The molecule has 15 heavy (non-hydrogen) atoms. The summed E-state index contributed by atoms with van der Waals surface area (Å²) in [6.07, 6.45) is 9.07. The fourth-order valence-corrected chi connectivity index (χ4v) is 2.77. The molecular weight excluding hydrogens is 192 g/mol. The van der Waals surface area contributed by atoms with Crippen LogP contribution in [0.4, 0.5) is 0 Å². The maximum Gasteiger partial charge on any atom is 0.168 e. The van der Waals surface area contributed by atoms with Crippen molar-refractivity contribution in [3.63, 3.8) is 0 Å². The van der Waals surface area contributed by atoms with Gasteiger partial charge in [0.25, 0.3) is 0 Å². The lowest BCUT2D eigenvalue weighted by atomic mass is 9.91. The molecule has 0 heterocycles. The van der Waals surface area contributed by atoms with E-state index in [4.69, 9.17) is 4.74 Å². The predicted molar refractivity (Wildman–Crippen MR) is 57.2 cm³/mol. The lowest BCUT2D eigenvalue weighted by Crippen LogP contribution is -2.46. The monoisotopic (exact) mass is 214 g/mol. The predicted octanol–water partition coefficient (Wildman–Crippen LogP) is 2.31. The molecule has 0 unspecified atom stereocenters. The van der Waals surface area contributed by atoms with Crippen LogP contribution < -0.4 is 0 Å².